The van der Waals surface area contributed by atoms with Gasteiger partial charge in [-0.2, -0.15) is 11.8 Å². The van der Waals surface area contributed by atoms with E-state index in [2.05, 4.69) is 11.8 Å². The Bertz CT molecular complexity index is 258. The zero-order valence-corrected chi connectivity index (χ0v) is 15.7. The van der Waals surface area contributed by atoms with Crippen LogP contribution < -0.4 is 0 Å². The lowest BCUT2D eigenvalue weighted by molar-refractivity contribution is -0.117. The fourth-order valence-corrected chi connectivity index (χ4v) is 4.74. The summed E-state index contributed by atoms with van der Waals surface area (Å²) >= 11 is 2.23. The second kappa shape index (κ2) is 14.6. The number of rotatable bonds is 14. The molecule has 1 heterocycles. The van der Waals surface area contributed by atoms with Gasteiger partial charge in [0.1, 0.15) is 5.78 Å². The van der Waals surface area contributed by atoms with Gasteiger partial charge in [0.2, 0.25) is 0 Å². The molecule has 0 aromatic heterocycles. The maximum absolute atomic E-state index is 10.8. The number of hydrogen-bond acceptors (Lipinski definition) is 2. The van der Waals surface area contributed by atoms with Gasteiger partial charge in [-0.3, -0.25) is 0 Å². The Kier molecular flexibility index (Phi) is 13.3. The Morgan fingerprint density at radius 1 is 0.818 bits per heavy atom. The van der Waals surface area contributed by atoms with Crippen LogP contribution in [-0.4, -0.2) is 16.8 Å². The Morgan fingerprint density at radius 2 is 1.36 bits per heavy atom. The van der Waals surface area contributed by atoms with E-state index in [9.17, 15) is 4.79 Å². The Labute approximate surface area is 143 Å². The summed E-state index contributed by atoms with van der Waals surface area (Å²) in [5.41, 5.74) is 0. The summed E-state index contributed by atoms with van der Waals surface area (Å²) < 4.78 is 0. The van der Waals surface area contributed by atoms with Crippen molar-refractivity contribution in [3.05, 3.63) is 0 Å². The van der Waals surface area contributed by atoms with E-state index >= 15 is 0 Å². The van der Waals surface area contributed by atoms with E-state index in [-0.39, 0.29) is 0 Å². The molecule has 0 aliphatic carbocycles. The molecule has 1 saturated heterocycles. The van der Waals surface area contributed by atoms with Crippen molar-refractivity contribution in [1.29, 1.82) is 0 Å². The first kappa shape index (κ1) is 20.1. The largest absolute Gasteiger partial charge is 0.300 e. The Balaban J connectivity index is 1.70. The minimum atomic E-state index is 0.349. The van der Waals surface area contributed by atoms with Gasteiger partial charge in [0.25, 0.3) is 0 Å². The predicted molar refractivity (Wildman–Crippen MR) is 101 cm³/mol. The minimum absolute atomic E-state index is 0.349. The van der Waals surface area contributed by atoms with E-state index < -0.39 is 0 Å². The van der Waals surface area contributed by atoms with Gasteiger partial charge in [0, 0.05) is 11.7 Å². The molecule has 1 nitrogen and oxygen atoms in total. The molecular formula is C20H38OS. The van der Waals surface area contributed by atoms with E-state index in [1.165, 1.54) is 95.6 Å². The molecule has 0 bridgehead atoms. The van der Waals surface area contributed by atoms with Crippen LogP contribution in [0.4, 0.5) is 0 Å². The minimum Gasteiger partial charge on any atom is -0.300 e. The van der Waals surface area contributed by atoms with Crippen LogP contribution in [-0.2, 0) is 4.79 Å². The van der Waals surface area contributed by atoms with Gasteiger partial charge >= 0.3 is 0 Å². The Morgan fingerprint density at radius 3 is 1.86 bits per heavy atom. The van der Waals surface area contributed by atoms with Crippen LogP contribution in [0.1, 0.15) is 110 Å². The van der Waals surface area contributed by atoms with Gasteiger partial charge in [-0.05, 0) is 38.4 Å². The van der Waals surface area contributed by atoms with Crippen LogP contribution in [0.25, 0.3) is 0 Å². The number of Topliss-reactive ketones (excluding diaryl/α,β-unsaturated/α-hetero) is 1. The molecular weight excluding hydrogens is 288 g/mol. The molecule has 0 aromatic carbocycles. The molecule has 1 rings (SSSR count). The number of carbonyl (C=O) groups is 1. The van der Waals surface area contributed by atoms with Gasteiger partial charge in [0.05, 0.1) is 0 Å². The summed E-state index contributed by atoms with van der Waals surface area (Å²) in [7, 11) is 0. The lowest BCUT2D eigenvalue weighted by Crippen LogP contribution is -2.08. The van der Waals surface area contributed by atoms with Crippen LogP contribution in [0, 0.1) is 0 Å². The van der Waals surface area contributed by atoms with Crippen LogP contribution in [0.2, 0.25) is 0 Å². The molecule has 130 valence electrons. The van der Waals surface area contributed by atoms with Crippen molar-refractivity contribution < 1.29 is 4.79 Å². The van der Waals surface area contributed by atoms with Crippen LogP contribution in [0.5, 0.6) is 0 Å². The van der Waals surface area contributed by atoms with Crippen molar-refractivity contribution in [3.63, 3.8) is 0 Å². The fraction of sp³-hybridized carbons (Fsp3) is 0.950. The molecule has 0 aromatic rings. The van der Waals surface area contributed by atoms with E-state index in [0.717, 1.165) is 18.1 Å². The third-order valence-electron chi connectivity index (χ3n) is 4.83. The fourth-order valence-electron chi connectivity index (χ4n) is 3.37. The second-order valence-electron chi connectivity index (χ2n) is 7.12. The van der Waals surface area contributed by atoms with E-state index in [0.29, 0.717) is 5.78 Å². The summed E-state index contributed by atoms with van der Waals surface area (Å²) in [6.07, 6.45) is 21.8. The van der Waals surface area contributed by atoms with Crippen molar-refractivity contribution in [2.75, 3.05) is 5.75 Å². The highest BCUT2D eigenvalue weighted by atomic mass is 32.2. The highest BCUT2D eigenvalue weighted by Crippen LogP contribution is 2.29. The summed E-state index contributed by atoms with van der Waals surface area (Å²) in [5, 5.41) is 0.997. The zero-order valence-electron chi connectivity index (χ0n) is 14.9. The number of carbonyl (C=O) groups excluding carboxylic acids is 1. The molecule has 1 unspecified atom stereocenters. The number of ketones is 1. The smallest absolute Gasteiger partial charge is 0.129 e. The third kappa shape index (κ3) is 12.6. The molecule has 0 N–H and O–H groups in total. The van der Waals surface area contributed by atoms with E-state index in [1.54, 1.807) is 6.92 Å². The maximum Gasteiger partial charge on any atom is 0.129 e. The molecule has 0 spiro atoms. The van der Waals surface area contributed by atoms with Gasteiger partial charge in [-0.1, -0.05) is 70.6 Å². The van der Waals surface area contributed by atoms with E-state index in [1.807, 2.05) is 0 Å². The first-order valence-electron chi connectivity index (χ1n) is 9.90. The number of thioether (sulfide) groups is 1. The number of unbranched alkanes of at least 4 members (excludes halogenated alkanes) is 10. The molecule has 1 atom stereocenters. The van der Waals surface area contributed by atoms with Crippen molar-refractivity contribution in [3.8, 4) is 0 Å². The van der Waals surface area contributed by atoms with Gasteiger partial charge in [-0.25, -0.2) is 0 Å². The average Bonchev–Trinajstić information content (AvgIpc) is 2.52. The molecule has 1 aliphatic heterocycles. The van der Waals surface area contributed by atoms with Crippen LogP contribution in [0.15, 0.2) is 0 Å². The molecule has 0 saturated carbocycles. The summed E-state index contributed by atoms with van der Waals surface area (Å²) in [6.45, 7) is 1.70. The van der Waals surface area contributed by atoms with Crippen molar-refractivity contribution in [2.24, 2.45) is 0 Å². The molecule has 22 heavy (non-hydrogen) atoms. The first-order chi connectivity index (χ1) is 10.8. The lowest BCUT2D eigenvalue weighted by Gasteiger charge is -2.20. The van der Waals surface area contributed by atoms with Crippen molar-refractivity contribution in [2.45, 2.75) is 115 Å². The normalized spacial score (nSPS) is 18.5. The topological polar surface area (TPSA) is 17.1 Å². The molecule has 0 amide bonds. The van der Waals surface area contributed by atoms with E-state index in [4.69, 9.17) is 0 Å². The molecule has 2 heteroatoms. The summed E-state index contributed by atoms with van der Waals surface area (Å²) in [5.74, 6) is 1.77. The summed E-state index contributed by atoms with van der Waals surface area (Å²) in [4.78, 5) is 10.8. The second-order valence-corrected chi connectivity index (χ2v) is 8.53. The van der Waals surface area contributed by atoms with Crippen LogP contribution in [0.3, 0.4) is 0 Å². The van der Waals surface area contributed by atoms with Gasteiger partial charge in [0.15, 0.2) is 0 Å². The third-order valence-corrected chi connectivity index (χ3v) is 6.30. The predicted octanol–water partition coefficient (Wildman–Crippen LogP) is 6.93. The van der Waals surface area contributed by atoms with Crippen molar-refractivity contribution in [1.82, 2.24) is 0 Å². The zero-order chi connectivity index (χ0) is 15.9. The maximum atomic E-state index is 10.8. The highest BCUT2D eigenvalue weighted by Gasteiger charge is 2.12. The highest BCUT2D eigenvalue weighted by molar-refractivity contribution is 7.99. The molecule has 1 fully saturated rings. The quantitative estimate of drug-likeness (QED) is 0.322. The standard InChI is InChI=1S/C20H38OS/c1-19(21)15-11-9-7-5-3-2-4-6-8-10-12-16-20-17-13-14-18-22-20/h20H,2-18H2,1H3. The lowest BCUT2D eigenvalue weighted by atomic mass is 10.0. The average molecular weight is 327 g/mol. The summed E-state index contributed by atoms with van der Waals surface area (Å²) in [6, 6.07) is 0. The first-order valence-corrected chi connectivity index (χ1v) is 10.9. The monoisotopic (exact) mass is 326 g/mol. The van der Waals surface area contributed by atoms with Crippen molar-refractivity contribution >= 4 is 17.5 Å². The Hall–Kier alpha value is 0.0200. The van der Waals surface area contributed by atoms with Gasteiger partial charge in [-0.15, -0.1) is 0 Å². The SMILES string of the molecule is CC(=O)CCCCCCCCCCCCCC1CCCCS1. The van der Waals surface area contributed by atoms with Gasteiger partial charge < -0.3 is 4.79 Å². The van der Waals surface area contributed by atoms with Crippen LogP contribution >= 0.6 is 11.8 Å². The molecule has 1 aliphatic rings. The molecule has 0 radical (unpaired) electrons. The number of hydrogen-bond donors (Lipinski definition) is 0.